The van der Waals surface area contributed by atoms with Crippen LogP contribution >= 0.6 is 0 Å². The lowest BCUT2D eigenvalue weighted by molar-refractivity contribution is -0.138. The summed E-state index contributed by atoms with van der Waals surface area (Å²) in [5, 5.41) is 0. The van der Waals surface area contributed by atoms with Crippen molar-refractivity contribution in [1.82, 2.24) is 24.7 Å². The second-order valence-electron chi connectivity index (χ2n) is 9.15. The number of H-pyrrole nitrogens is 1. The summed E-state index contributed by atoms with van der Waals surface area (Å²) in [5.74, 6) is 1.57. The van der Waals surface area contributed by atoms with Gasteiger partial charge in [0, 0.05) is 38.6 Å². The molecule has 5 rings (SSSR count). The number of carbonyl (C=O) groups excluding carboxylic acids is 1. The van der Waals surface area contributed by atoms with Gasteiger partial charge in [-0.05, 0) is 50.0 Å². The number of para-hydroxylation sites is 2. The monoisotopic (exact) mass is 431 g/mol. The van der Waals surface area contributed by atoms with Crippen LogP contribution in [0.5, 0.6) is 0 Å². The van der Waals surface area contributed by atoms with Crippen LogP contribution in [0.25, 0.3) is 11.0 Å². The third-order valence-electron chi connectivity index (χ3n) is 6.99. The van der Waals surface area contributed by atoms with Gasteiger partial charge in [-0.15, -0.1) is 0 Å². The first kappa shape index (κ1) is 21.2. The van der Waals surface area contributed by atoms with Crippen LogP contribution in [0, 0.1) is 5.92 Å². The van der Waals surface area contributed by atoms with E-state index in [4.69, 9.17) is 4.98 Å². The Morgan fingerprint density at radius 3 is 2.34 bits per heavy atom. The summed E-state index contributed by atoms with van der Waals surface area (Å²) in [6, 6.07) is 18.8. The number of piperazine rings is 1. The van der Waals surface area contributed by atoms with Gasteiger partial charge in [-0.25, -0.2) is 4.98 Å². The molecule has 0 spiro atoms. The highest BCUT2D eigenvalue weighted by Crippen LogP contribution is 2.22. The van der Waals surface area contributed by atoms with E-state index in [9.17, 15) is 4.79 Å². The minimum absolute atomic E-state index is 0.179. The van der Waals surface area contributed by atoms with Crippen LogP contribution in [-0.4, -0.2) is 76.4 Å². The van der Waals surface area contributed by atoms with Gasteiger partial charge in [0.1, 0.15) is 5.82 Å². The third-order valence-corrected chi connectivity index (χ3v) is 6.99. The highest BCUT2D eigenvalue weighted by Gasteiger charge is 2.30. The van der Waals surface area contributed by atoms with Crippen molar-refractivity contribution >= 4 is 16.9 Å². The molecule has 1 N–H and O–H groups in total. The minimum atomic E-state index is 0.179. The molecule has 1 amide bonds. The topological polar surface area (TPSA) is 55.5 Å². The normalized spacial score (nSPS) is 18.9. The fraction of sp³-hybridized carbons (Fsp3) is 0.462. The van der Waals surface area contributed by atoms with Gasteiger partial charge >= 0.3 is 0 Å². The molecule has 168 valence electrons. The average Bonchev–Trinajstić information content (AvgIpc) is 3.26. The van der Waals surface area contributed by atoms with E-state index >= 15 is 0 Å². The van der Waals surface area contributed by atoms with Gasteiger partial charge in [-0.3, -0.25) is 14.6 Å². The number of aromatic amines is 1. The van der Waals surface area contributed by atoms with Crippen LogP contribution < -0.4 is 0 Å². The molecular formula is C26H33N5O. The van der Waals surface area contributed by atoms with E-state index < -0.39 is 0 Å². The van der Waals surface area contributed by atoms with Gasteiger partial charge in [-0.1, -0.05) is 42.5 Å². The standard InChI is InChI=1S/C26H33N5O/c32-26(31-18-16-29(17-19-31)13-10-21-6-2-1-3-7-21)22-11-14-30(15-12-22)20-25-27-23-8-4-5-9-24(23)28-25/h1-9,22H,10-20H2,(H,27,28). The number of imidazole rings is 1. The molecule has 0 unspecified atom stereocenters. The van der Waals surface area contributed by atoms with Crippen molar-refractivity contribution in [3.63, 3.8) is 0 Å². The number of hydrogen-bond acceptors (Lipinski definition) is 4. The van der Waals surface area contributed by atoms with Crippen molar-refractivity contribution in [1.29, 1.82) is 0 Å². The molecule has 0 atom stereocenters. The average molecular weight is 432 g/mol. The summed E-state index contributed by atoms with van der Waals surface area (Å²) >= 11 is 0. The van der Waals surface area contributed by atoms with Crippen LogP contribution in [0.3, 0.4) is 0 Å². The molecule has 0 bridgehead atoms. The smallest absolute Gasteiger partial charge is 0.225 e. The summed E-state index contributed by atoms with van der Waals surface area (Å²) < 4.78 is 0. The van der Waals surface area contributed by atoms with E-state index in [-0.39, 0.29) is 5.92 Å². The molecule has 3 aromatic rings. The van der Waals surface area contributed by atoms with E-state index in [1.165, 1.54) is 5.56 Å². The lowest BCUT2D eigenvalue weighted by Crippen LogP contribution is -2.51. The molecule has 1 aromatic heterocycles. The highest BCUT2D eigenvalue weighted by molar-refractivity contribution is 5.79. The van der Waals surface area contributed by atoms with Crippen molar-refractivity contribution in [3.8, 4) is 0 Å². The Balaban J connectivity index is 1.05. The van der Waals surface area contributed by atoms with E-state index in [0.717, 1.165) is 88.5 Å². The fourth-order valence-corrected chi connectivity index (χ4v) is 5.01. The maximum atomic E-state index is 13.1. The first-order valence-corrected chi connectivity index (χ1v) is 12.0. The largest absolute Gasteiger partial charge is 0.341 e. The van der Waals surface area contributed by atoms with Gasteiger partial charge < -0.3 is 9.88 Å². The molecule has 32 heavy (non-hydrogen) atoms. The number of hydrogen-bond donors (Lipinski definition) is 1. The van der Waals surface area contributed by atoms with Crippen LogP contribution in [0.15, 0.2) is 54.6 Å². The predicted molar refractivity (Wildman–Crippen MR) is 127 cm³/mol. The number of nitrogens with zero attached hydrogens (tertiary/aromatic N) is 4. The number of amides is 1. The lowest BCUT2D eigenvalue weighted by atomic mass is 9.95. The van der Waals surface area contributed by atoms with E-state index in [1.807, 2.05) is 18.2 Å². The molecule has 0 aliphatic carbocycles. The molecule has 2 fully saturated rings. The Morgan fingerprint density at radius 2 is 1.59 bits per heavy atom. The Bertz CT molecular complexity index is 984. The molecule has 2 aliphatic heterocycles. The van der Waals surface area contributed by atoms with Gasteiger partial charge in [-0.2, -0.15) is 0 Å². The molecule has 3 heterocycles. The number of aromatic nitrogens is 2. The van der Waals surface area contributed by atoms with Gasteiger partial charge in [0.15, 0.2) is 0 Å². The highest BCUT2D eigenvalue weighted by atomic mass is 16.2. The molecule has 0 radical (unpaired) electrons. The molecule has 2 saturated heterocycles. The SMILES string of the molecule is O=C(C1CCN(Cc2nc3ccccc3[nH]2)CC1)N1CCN(CCc2ccccc2)CC1. The molecular weight excluding hydrogens is 398 g/mol. The lowest BCUT2D eigenvalue weighted by Gasteiger charge is -2.38. The maximum Gasteiger partial charge on any atom is 0.225 e. The molecule has 2 aromatic carbocycles. The summed E-state index contributed by atoms with van der Waals surface area (Å²) in [5.41, 5.74) is 3.51. The van der Waals surface area contributed by atoms with Gasteiger partial charge in [0.05, 0.1) is 17.6 Å². The quantitative estimate of drug-likeness (QED) is 0.651. The molecule has 2 aliphatic rings. The van der Waals surface area contributed by atoms with Crippen molar-refractivity contribution in [2.45, 2.75) is 25.8 Å². The van der Waals surface area contributed by atoms with Crippen LogP contribution in [0.2, 0.25) is 0 Å². The first-order chi connectivity index (χ1) is 15.7. The molecule has 6 heteroatoms. The maximum absolute atomic E-state index is 13.1. The molecule has 6 nitrogen and oxygen atoms in total. The van der Waals surface area contributed by atoms with Gasteiger partial charge in [0.25, 0.3) is 0 Å². The van der Waals surface area contributed by atoms with Crippen LogP contribution in [0.1, 0.15) is 24.2 Å². The van der Waals surface area contributed by atoms with Crippen LogP contribution in [0.4, 0.5) is 0 Å². The zero-order chi connectivity index (χ0) is 21.8. The van der Waals surface area contributed by atoms with Gasteiger partial charge in [0.2, 0.25) is 5.91 Å². The number of carbonyl (C=O) groups is 1. The Kier molecular flexibility index (Phi) is 6.51. The number of fused-ring (bicyclic) bond motifs is 1. The van der Waals surface area contributed by atoms with Crippen LogP contribution in [-0.2, 0) is 17.8 Å². The number of nitrogens with one attached hydrogen (secondary N) is 1. The fourth-order valence-electron chi connectivity index (χ4n) is 5.01. The number of likely N-dealkylation sites (tertiary alicyclic amines) is 1. The van der Waals surface area contributed by atoms with E-state index in [2.05, 4.69) is 56.1 Å². The first-order valence-electron chi connectivity index (χ1n) is 12.0. The summed E-state index contributed by atoms with van der Waals surface area (Å²) in [6.45, 7) is 7.55. The van der Waals surface area contributed by atoms with Crippen molar-refractivity contribution in [3.05, 3.63) is 66.0 Å². The Labute approximate surface area is 190 Å². The predicted octanol–water partition coefficient (Wildman–Crippen LogP) is 3.16. The zero-order valence-corrected chi connectivity index (χ0v) is 18.7. The third kappa shape index (κ3) is 5.03. The van der Waals surface area contributed by atoms with E-state index in [0.29, 0.717) is 5.91 Å². The zero-order valence-electron chi connectivity index (χ0n) is 18.7. The summed E-state index contributed by atoms with van der Waals surface area (Å²) in [4.78, 5) is 28.2. The Morgan fingerprint density at radius 1 is 0.875 bits per heavy atom. The Hall–Kier alpha value is -2.70. The number of piperidine rings is 1. The second kappa shape index (κ2) is 9.84. The summed E-state index contributed by atoms with van der Waals surface area (Å²) in [7, 11) is 0. The van der Waals surface area contributed by atoms with Crippen molar-refractivity contribution in [2.75, 3.05) is 45.8 Å². The van der Waals surface area contributed by atoms with Crippen molar-refractivity contribution in [2.24, 2.45) is 5.92 Å². The van der Waals surface area contributed by atoms with Crippen molar-refractivity contribution < 1.29 is 4.79 Å². The molecule has 0 saturated carbocycles. The minimum Gasteiger partial charge on any atom is -0.341 e. The number of rotatable bonds is 6. The second-order valence-corrected chi connectivity index (χ2v) is 9.15. The van der Waals surface area contributed by atoms with E-state index in [1.54, 1.807) is 0 Å². The summed E-state index contributed by atoms with van der Waals surface area (Å²) in [6.07, 6.45) is 2.99. The number of benzene rings is 2.